The molecule has 0 radical (unpaired) electrons. The molecule has 0 unspecified atom stereocenters. The van der Waals surface area contributed by atoms with Crippen LogP contribution in [0.25, 0.3) is 0 Å². The maximum atomic E-state index is 11.2. The van der Waals surface area contributed by atoms with Crippen molar-refractivity contribution in [2.45, 2.75) is 19.4 Å². The summed E-state index contributed by atoms with van der Waals surface area (Å²) in [6.45, 7) is 1.47. The molecule has 0 aromatic heterocycles. The summed E-state index contributed by atoms with van der Waals surface area (Å²) < 4.78 is 45.6. The number of carbonyl (C=O) groups is 1. The minimum Gasteiger partial charge on any atom is -0.480 e. The number of hydrogen-bond donors (Lipinski definition) is 2. The Morgan fingerprint density at radius 1 is 1.33 bits per heavy atom. The van der Waals surface area contributed by atoms with Gasteiger partial charge in [-0.05, 0) is 6.42 Å². The van der Waals surface area contributed by atoms with Gasteiger partial charge in [0.15, 0.2) is 14.9 Å². The second-order valence-electron chi connectivity index (χ2n) is 3.08. The van der Waals surface area contributed by atoms with Gasteiger partial charge in [0.05, 0.1) is 0 Å². The summed E-state index contributed by atoms with van der Waals surface area (Å²) in [4.78, 5) is 10.5. The minimum atomic E-state index is -4.11. The predicted molar refractivity (Wildman–Crippen MR) is 53.5 cm³/mol. The largest absolute Gasteiger partial charge is 0.480 e. The molecule has 9 heteroatoms. The molecule has 0 saturated carbocycles. The zero-order chi connectivity index (χ0) is 12.3. The molecule has 0 amide bonds. The monoisotopic (exact) mass is 259 g/mol. The van der Waals surface area contributed by atoms with E-state index in [-0.39, 0.29) is 6.42 Å². The fourth-order valence-corrected chi connectivity index (χ4v) is 4.07. The summed E-state index contributed by atoms with van der Waals surface area (Å²) in [7, 11) is -7.82. The van der Waals surface area contributed by atoms with Crippen LogP contribution in [0.5, 0.6) is 0 Å². The van der Waals surface area contributed by atoms with Crippen LogP contribution in [-0.4, -0.2) is 45.3 Å². The van der Waals surface area contributed by atoms with E-state index in [1.54, 1.807) is 4.72 Å². The Morgan fingerprint density at radius 2 is 1.80 bits per heavy atom. The maximum Gasteiger partial charge on any atom is 0.321 e. The minimum absolute atomic E-state index is 0.0400. The second kappa shape index (κ2) is 4.90. The van der Waals surface area contributed by atoms with Crippen LogP contribution in [0.2, 0.25) is 0 Å². The maximum absolute atomic E-state index is 11.2. The molecule has 0 aliphatic rings. The summed E-state index contributed by atoms with van der Waals surface area (Å²) in [5.41, 5.74) is 0. The first-order valence-electron chi connectivity index (χ1n) is 3.98. The first-order valence-corrected chi connectivity index (χ1v) is 7.69. The van der Waals surface area contributed by atoms with Gasteiger partial charge in [0.25, 0.3) is 0 Å². The van der Waals surface area contributed by atoms with E-state index in [2.05, 4.69) is 0 Å². The Balaban J connectivity index is 4.72. The average molecular weight is 259 g/mol. The van der Waals surface area contributed by atoms with E-state index in [0.29, 0.717) is 0 Å². The van der Waals surface area contributed by atoms with E-state index in [1.165, 1.54) is 6.92 Å². The van der Waals surface area contributed by atoms with E-state index in [1.807, 2.05) is 0 Å². The van der Waals surface area contributed by atoms with Crippen LogP contribution in [0, 0.1) is 0 Å². The molecule has 0 aromatic carbocycles. The fourth-order valence-electron chi connectivity index (χ4n) is 0.841. The summed E-state index contributed by atoms with van der Waals surface area (Å²) in [6.07, 6.45) is 0.798. The van der Waals surface area contributed by atoms with Crippen LogP contribution >= 0.6 is 0 Å². The standard InChI is InChI=1S/C6H13NO6S2/c1-3-5(6(8)9)7-15(12,13)4-14(2,10)11/h5,7H,3-4H2,1-2H3,(H,8,9)/t5-/m0/s1. The number of sulfone groups is 1. The SMILES string of the molecule is CC[C@H](NS(=O)(=O)CS(C)(=O)=O)C(=O)O. The van der Waals surface area contributed by atoms with Gasteiger partial charge in [0.2, 0.25) is 10.0 Å². The van der Waals surface area contributed by atoms with Crippen LogP contribution in [0.1, 0.15) is 13.3 Å². The van der Waals surface area contributed by atoms with Crippen molar-refractivity contribution in [3.63, 3.8) is 0 Å². The Bertz CT molecular complexity index is 423. The Hall–Kier alpha value is -0.670. The molecule has 90 valence electrons. The molecule has 1 atom stereocenters. The predicted octanol–water partition coefficient (Wildman–Crippen LogP) is -1.23. The van der Waals surface area contributed by atoms with Crippen LogP contribution in [0.3, 0.4) is 0 Å². The van der Waals surface area contributed by atoms with Crippen LogP contribution in [0.15, 0.2) is 0 Å². The van der Waals surface area contributed by atoms with Crippen molar-refractivity contribution < 1.29 is 26.7 Å². The zero-order valence-corrected chi connectivity index (χ0v) is 9.93. The van der Waals surface area contributed by atoms with Crippen molar-refractivity contribution in [3.05, 3.63) is 0 Å². The summed E-state index contributed by atoms with van der Waals surface area (Å²) in [6, 6.07) is -1.29. The Morgan fingerprint density at radius 3 is 2.07 bits per heavy atom. The zero-order valence-electron chi connectivity index (χ0n) is 8.30. The topological polar surface area (TPSA) is 118 Å². The molecular weight excluding hydrogens is 246 g/mol. The number of carboxylic acids is 1. The van der Waals surface area contributed by atoms with Gasteiger partial charge in [-0.1, -0.05) is 6.92 Å². The lowest BCUT2D eigenvalue weighted by atomic mass is 10.2. The average Bonchev–Trinajstić information content (AvgIpc) is 1.94. The van der Waals surface area contributed by atoms with Crippen molar-refractivity contribution >= 4 is 25.8 Å². The smallest absolute Gasteiger partial charge is 0.321 e. The third kappa shape index (κ3) is 6.42. The number of carboxylic acid groups (broad SMARTS) is 1. The van der Waals surface area contributed by atoms with Crippen LogP contribution in [0.4, 0.5) is 0 Å². The van der Waals surface area contributed by atoms with Gasteiger partial charge in [-0.3, -0.25) is 4.79 Å². The van der Waals surface area contributed by atoms with Gasteiger partial charge < -0.3 is 5.11 Å². The number of nitrogens with one attached hydrogen (secondary N) is 1. The molecule has 7 nitrogen and oxygen atoms in total. The van der Waals surface area contributed by atoms with Crippen molar-refractivity contribution in [1.29, 1.82) is 0 Å². The molecule has 0 heterocycles. The third-order valence-corrected chi connectivity index (χ3v) is 4.99. The number of hydrogen-bond acceptors (Lipinski definition) is 5. The van der Waals surface area contributed by atoms with Crippen molar-refractivity contribution in [2.75, 3.05) is 11.3 Å². The quantitative estimate of drug-likeness (QED) is 0.616. The molecule has 0 aromatic rings. The molecule has 0 aliphatic heterocycles. The van der Waals surface area contributed by atoms with Gasteiger partial charge >= 0.3 is 5.97 Å². The molecule has 0 bridgehead atoms. The second-order valence-corrected chi connectivity index (χ2v) is 7.33. The van der Waals surface area contributed by atoms with Gasteiger partial charge in [-0.25, -0.2) is 21.6 Å². The molecular formula is C6H13NO6S2. The molecule has 0 rings (SSSR count). The third-order valence-electron chi connectivity index (χ3n) is 1.40. The summed E-state index contributed by atoms with van der Waals surface area (Å²) in [5, 5.41) is 7.45. The summed E-state index contributed by atoms with van der Waals surface area (Å²) in [5.74, 6) is -1.34. The molecule has 2 N–H and O–H groups in total. The number of rotatable bonds is 6. The lowest BCUT2D eigenvalue weighted by Gasteiger charge is -2.11. The van der Waals surface area contributed by atoms with Crippen molar-refractivity contribution in [3.8, 4) is 0 Å². The molecule has 0 saturated heterocycles. The van der Waals surface area contributed by atoms with Crippen LogP contribution < -0.4 is 4.72 Å². The lowest BCUT2D eigenvalue weighted by Crippen LogP contribution is -2.42. The van der Waals surface area contributed by atoms with Crippen molar-refractivity contribution in [1.82, 2.24) is 4.72 Å². The fraction of sp³-hybridized carbons (Fsp3) is 0.833. The van der Waals surface area contributed by atoms with Gasteiger partial charge in [0, 0.05) is 6.26 Å². The number of sulfonamides is 1. The lowest BCUT2D eigenvalue weighted by molar-refractivity contribution is -0.139. The Kier molecular flexibility index (Phi) is 4.68. The molecule has 0 fully saturated rings. The van der Waals surface area contributed by atoms with E-state index in [9.17, 15) is 21.6 Å². The van der Waals surface area contributed by atoms with E-state index in [4.69, 9.17) is 5.11 Å². The van der Waals surface area contributed by atoms with E-state index < -0.39 is 37.0 Å². The van der Waals surface area contributed by atoms with Gasteiger partial charge in [-0.15, -0.1) is 0 Å². The first kappa shape index (κ1) is 14.3. The van der Waals surface area contributed by atoms with Gasteiger partial charge in [0.1, 0.15) is 6.04 Å². The normalized spacial score (nSPS) is 14.8. The van der Waals surface area contributed by atoms with E-state index >= 15 is 0 Å². The number of aliphatic carboxylic acids is 1. The van der Waals surface area contributed by atoms with Gasteiger partial charge in [-0.2, -0.15) is 0 Å². The molecule has 0 spiro atoms. The molecule has 0 aliphatic carbocycles. The highest BCUT2D eigenvalue weighted by atomic mass is 32.3. The van der Waals surface area contributed by atoms with Crippen molar-refractivity contribution in [2.24, 2.45) is 0 Å². The summed E-state index contributed by atoms with van der Waals surface area (Å²) >= 11 is 0. The Labute approximate surface area is 88.5 Å². The highest BCUT2D eigenvalue weighted by Gasteiger charge is 2.25. The van der Waals surface area contributed by atoms with Crippen LogP contribution in [-0.2, 0) is 24.7 Å². The first-order chi connectivity index (χ1) is 6.57. The highest BCUT2D eigenvalue weighted by Crippen LogP contribution is 1.98. The molecule has 15 heavy (non-hydrogen) atoms. The van der Waals surface area contributed by atoms with E-state index in [0.717, 1.165) is 6.26 Å². The highest BCUT2D eigenvalue weighted by molar-refractivity contribution is 8.06.